The van der Waals surface area contributed by atoms with Crippen molar-refractivity contribution in [1.29, 1.82) is 0 Å². The van der Waals surface area contributed by atoms with Crippen molar-refractivity contribution in [3.8, 4) is 0 Å². The van der Waals surface area contributed by atoms with Crippen LogP contribution < -0.4 is 10.6 Å². The average Bonchev–Trinajstić information content (AvgIpc) is 2.42. The van der Waals surface area contributed by atoms with Crippen LogP contribution in [-0.4, -0.2) is 25.7 Å². The number of nitrogens with one attached hydrogen (secondary N) is 2. The van der Waals surface area contributed by atoms with E-state index in [1.54, 1.807) is 0 Å². The van der Waals surface area contributed by atoms with Gasteiger partial charge in [-0.25, -0.2) is 0 Å². The molecule has 0 aromatic carbocycles. The van der Waals surface area contributed by atoms with Crippen LogP contribution in [0.3, 0.4) is 0 Å². The minimum Gasteiger partial charge on any atom is -0.315 e. The molecule has 18 heavy (non-hydrogen) atoms. The third kappa shape index (κ3) is 4.24. The Kier molecular flexibility index (Phi) is 5.97. The lowest BCUT2D eigenvalue weighted by Gasteiger charge is -2.39. The Hall–Kier alpha value is -0.0800. The molecular weight excluding hydrogens is 220 g/mol. The largest absolute Gasteiger partial charge is 0.315 e. The summed E-state index contributed by atoms with van der Waals surface area (Å²) in [5, 5.41) is 7.14. The number of hydrogen-bond donors (Lipinski definition) is 2. The standard InChI is InChI=1S/C16H32N2/c1-3-17-11-13(2)18-12-14-8-9-15-6-4-5-7-16(15)10-14/h13-18H,3-12H2,1-2H3. The van der Waals surface area contributed by atoms with Crippen LogP contribution in [0.5, 0.6) is 0 Å². The van der Waals surface area contributed by atoms with Gasteiger partial charge in [0.1, 0.15) is 0 Å². The molecule has 106 valence electrons. The molecule has 0 spiro atoms. The number of rotatable bonds is 6. The van der Waals surface area contributed by atoms with E-state index >= 15 is 0 Å². The molecule has 0 aromatic rings. The molecule has 0 saturated heterocycles. The molecule has 0 aliphatic heterocycles. The van der Waals surface area contributed by atoms with Gasteiger partial charge in [0.2, 0.25) is 0 Å². The van der Waals surface area contributed by atoms with Crippen molar-refractivity contribution in [1.82, 2.24) is 10.6 Å². The summed E-state index contributed by atoms with van der Waals surface area (Å²) in [5.41, 5.74) is 0. The van der Waals surface area contributed by atoms with Crippen LogP contribution in [0.1, 0.15) is 58.8 Å². The molecule has 2 rings (SSSR count). The van der Waals surface area contributed by atoms with Crippen molar-refractivity contribution in [2.75, 3.05) is 19.6 Å². The minimum absolute atomic E-state index is 0.619. The van der Waals surface area contributed by atoms with Gasteiger partial charge in [-0.15, -0.1) is 0 Å². The molecular formula is C16H32N2. The van der Waals surface area contributed by atoms with Crippen LogP contribution in [0.15, 0.2) is 0 Å². The Labute approximate surface area is 113 Å². The predicted octanol–water partition coefficient (Wildman–Crippen LogP) is 3.18. The molecule has 2 saturated carbocycles. The first-order chi connectivity index (χ1) is 8.79. The van der Waals surface area contributed by atoms with E-state index in [1.807, 2.05) is 0 Å². The molecule has 2 nitrogen and oxygen atoms in total. The summed E-state index contributed by atoms with van der Waals surface area (Å²) in [4.78, 5) is 0. The summed E-state index contributed by atoms with van der Waals surface area (Å²) in [5.74, 6) is 3.12. The van der Waals surface area contributed by atoms with Crippen molar-refractivity contribution in [3.63, 3.8) is 0 Å². The molecule has 0 radical (unpaired) electrons. The number of likely N-dealkylation sites (N-methyl/N-ethyl adjacent to an activating group) is 1. The van der Waals surface area contributed by atoms with Crippen LogP contribution in [0.2, 0.25) is 0 Å². The normalized spacial score (nSPS) is 34.0. The van der Waals surface area contributed by atoms with Gasteiger partial charge in [-0.2, -0.15) is 0 Å². The first-order valence-electron chi connectivity index (χ1n) is 8.23. The van der Waals surface area contributed by atoms with Crippen LogP contribution >= 0.6 is 0 Å². The van der Waals surface area contributed by atoms with Gasteiger partial charge in [-0.3, -0.25) is 0 Å². The van der Waals surface area contributed by atoms with Crippen molar-refractivity contribution >= 4 is 0 Å². The van der Waals surface area contributed by atoms with Crippen molar-refractivity contribution in [2.24, 2.45) is 17.8 Å². The first kappa shape index (κ1) is 14.3. The second kappa shape index (κ2) is 7.49. The molecule has 0 amide bonds. The fourth-order valence-electron chi connectivity index (χ4n) is 3.96. The zero-order valence-corrected chi connectivity index (χ0v) is 12.4. The van der Waals surface area contributed by atoms with E-state index in [1.165, 1.54) is 51.5 Å². The van der Waals surface area contributed by atoms with Gasteiger partial charge >= 0.3 is 0 Å². The second-order valence-electron chi connectivity index (χ2n) is 6.60. The summed E-state index contributed by atoms with van der Waals surface area (Å²) in [6, 6.07) is 0.619. The third-order valence-corrected chi connectivity index (χ3v) is 5.10. The van der Waals surface area contributed by atoms with Gasteiger partial charge in [-0.1, -0.05) is 32.6 Å². The van der Waals surface area contributed by atoms with Crippen LogP contribution in [0.25, 0.3) is 0 Å². The van der Waals surface area contributed by atoms with Crippen molar-refractivity contribution in [3.05, 3.63) is 0 Å². The van der Waals surface area contributed by atoms with Gasteiger partial charge in [-0.05, 0) is 57.0 Å². The van der Waals surface area contributed by atoms with E-state index < -0.39 is 0 Å². The highest BCUT2D eigenvalue weighted by atomic mass is 15.0. The Balaban J connectivity index is 1.65. The van der Waals surface area contributed by atoms with E-state index in [-0.39, 0.29) is 0 Å². The maximum Gasteiger partial charge on any atom is 0.0164 e. The lowest BCUT2D eigenvalue weighted by atomic mass is 9.67. The quantitative estimate of drug-likeness (QED) is 0.758. The first-order valence-corrected chi connectivity index (χ1v) is 8.23. The van der Waals surface area contributed by atoms with E-state index in [0.29, 0.717) is 6.04 Å². The second-order valence-corrected chi connectivity index (χ2v) is 6.60. The average molecular weight is 252 g/mol. The highest BCUT2D eigenvalue weighted by Gasteiger charge is 2.31. The number of fused-ring (bicyclic) bond motifs is 1. The van der Waals surface area contributed by atoms with E-state index in [9.17, 15) is 0 Å². The third-order valence-electron chi connectivity index (χ3n) is 5.10. The monoisotopic (exact) mass is 252 g/mol. The molecule has 2 N–H and O–H groups in total. The molecule has 4 atom stereocenters. The van der Waals surface area contributed by atoms with Crippen molar-refractivity contribution < 1.29 is 0 Å². The molecule has 4 unspecified atom stereocenters. The molecule has 2 aliphatic rings. The lowest BCUT2D eigenvalue weighted by Crippen LogP contribution is -2.40. The Bertz CT molecular complexity index is 229. The Morgan fingerprint density at radius 1 is 1.06 bits per heavy atom. The van der Waals surface area contributed by atoms with Gasteiger partial charge < -0.3 is 10.6 Å². The van der Waals surface area contributed by atoms with Crippen LogP contribution in [-0.2, 0) is 0 Å². The van der Waals surface area contributed by atoms with E-state index in [0.717, 1.165) is 30.8 Å². The van der Waals surface area contributed by atoms with Crippen LogP contribution in [0.4, 0.5) is 0 Å². The van der Waals surface area contributed by atoms with Crippen LogP contribution in [0, 0.1) is 17.8 Å². The van der Waals surface area contributed by atoms with E-state index in [4.69, 9.17) is 0 Å². The van der Waals surface area contributed by atoms with Gasteiger partial charge in [0.25, 0.3) is 0 Å². The zero-order valence-electron chi connectivity index (χ0n) is 12.4. The smallest absolute Gasteiger partial charge is 0.0164 e. The SMILES string of the molecule is CCNCC(C)NCC1CCC2CCCCC2C1. The predicted molar refractivity (Wildman–Crippen MR) is 78.8 cm³/mol. The highest BCUT2D eigenvalue weighted by Crippen LogP contribution is 2.42. The summed E-state index contributed by atoms with van der Waals surface area (Å²) in [6.07, 6.45) is 10.5. The highest BCUT2D eigenvalue weighted by molar-refractivity contribution is 4.84. The summed E-state index contributed by atoms with van der Waals surface area (Å²) in [7, 11) is 0. The maximum atomic E-state index is 3.72. The van der Waals surface area contributed by atoms with Gasteiger partial charge in [0, 0.05) is 12.6 Å². The molecule has 0 heterocycles. The molecule has 2 heteroatoms. The molecule has 2 aliphatic carbocycles. The topological polar surface area (TPSA) is 24.1 Å². The fourth-order valence-corrected chi connectivity index (χ4v) is 3.96. The minimum atomic E-state index is 0.619. The summed E-state index contributed by atoms with van der Waals surface area (Å²) >= 11 is 0. The Morgan fingerprint density at radius 3 is 2.61 bits per heavy atom. The van der Waals surface area contributed by atoms with Gasteiger partial charge in [0.15, 0.2) is 0 Å². The van der Waals surface area contributed by atoms with E-state index in [2.05, 4.69) is 24.5 Å². The molecule has 2 fully saturated rings. The van der Waals surface area contributed by atoms with Gasteiger partial charge in [0.05, 0.1) is 0 Å². The molecule has 0 bridgehead atoms. The maximum absolute atomic E-state index is 3.72. The lowest BCUT2D eigenvalue weighted by molar-refractivity contribution is 0.127. The summed E-state index contributed by atoms with van der Waals surface area (Å²) in [6.45, 7) is 7.91. The Morgan fingerprint density at radius 2 is 1.83 bits per heavy atom. The zero-order chi connectivity index (χ0) is 12.8. The molecule has 0 aromatic heterocycles. The summed E-state index contributed by atoms with van der Waals surface area (Å²) < 4.78 is 0. The number of hydrogen-bond acceptors (Lipinski definition) is 2. The fraction of sp³-hybridized carbons (Fsp3) is 1.00. The van der Waals surface area contributed by atoms with Crippen molar-refractivity contribution in [2.45, 2.75) is 64.8 Å².